The summed E-state index contributed by atoms with van der Waals surface area (Å²) in [6.07, 6.45) is 2.32. The molecule has 144 valence electrons. The van der Waals surface area contributed by atoms with E-state index < -0.39 is 0 Å². The summed E-state index contributed by atoms with van der Waals surface area (Å²) in [5.74, 6) is 0.911. The van der Waals surface area contributed by atoms with Gasteiger partial charge in [0.2, 0.25) is 0 Å². The van der Waals surface area contributed by atoms with Crippen molar-refractivity contribution in [3.8, 4) is 11.5 Å². The van der Waals surface area contributed by atoms with Gasteiger partial charge < -0.3 is 20.1 Å². The summed E-state index contributed by atoms with van der Waals surface area (Å²) in [6.45, 7) is 4.74. The summed E-state index contributed by atoms with van der Waals surface area (Å²) in [7, 11) is 3.06. The monoisotopic (exact) mass is 371 g/mol. The minimum Gasteiger partial charge on any atom is -0.497 e. The summed E-state index contributed by atoms with van der Waals surface area (Å²) in [6, 6.07) is 8.12. The maximum absolute atomic E-state index is 12.6. The normalized spacial score (nSPS) is 10.4. The molecular weight excluding hydrogens is 346 g/mol. The van der Waals surface area contributed by atoms with Crippen LogP contribution in [0.3, 0.4) is 0 Å². The molecule has 0 aliphatic heterocycles. The fourth-order valence-electron chi connectivity index (χ4n) is 2.37. The largest absolute Gasteiger partial charge is 0.497 e. The molecule has 0 radical (unpaired) electrons. The number of nitrogens with one attached hydrogen (secondary N) is 2. The summed E-state index contributed by atoms with van der Waals surface area (Å²) in [4.78, 5) is 28.8. The molecule has 7 nitrogen and oxygen atoms in total. The maximum Gasteiger partial charge on any atom is 0.269 e. The number of carbonyl (C=O) groups is 2. The van der Waals surface area contributed by atoms with E-state index in [1.807, 2.05) is 0 Å². The average molecular weight is 371 g/mol. The number of rotatable bonds is 8. The number of anilines is 1. The number of nitrogens with zero attached hydrogens (tertiary/aromatic N) is 1. The van der Waals surface area contributed by atoms with Crippen LogP contribution in [0.2, 0.25) is 0 Å². The van der Waals surface area contributed by atoms with E-state index in [0.29, 0.717) is 35.2 Å². The van der Waals surface area contributed by atoms with Crippen molar-refractivity contribution in [1.29, 1.82) is 0 Å². The van der Waals surface area contributed by atoms with Crippen molar-refractivity contribution < 1.29 is 19.1 Å². The van der Waals surface area contributed by atoms with E-state index in [4.69, 9.17) is 9.47 Å². The van der Waals surface area contributed by atoms with E-state index in [9.17, 15) is 9.59 Å². The first-order valence-corrected chi connectivity index (χ1v) is 8.72. The van der Waals surface area contributed by atoms with Gasteiger partial charge in [0.1, 0.15) is 17.2 Å². The van der Waals surface area contributed by atoms with Crippen LogP contribution in [0.25, 0.3) is 0 Å². The molecule has 0 saturated carbocycles. The topological polar surface area (TPSA) is 89.6 Å². The first-order valence-electron chi connectivity index (χ1n) is 8.72. The third-order valence-electron chi connectivity index (χ3n) is 3.92. The van der Waals surface area contributed by atoms with Crippen LogP contribution in [-0.4, -0.2) is 37.6 Å². The molecule has 2 N–H and O–H groups in total. The van der Waals surface area contributed by atoms with Crippen molar-refractivity contribution >= 4 is 17.5 Å². The van der Waals surface area contributed by atoms with Gasteiger partial charge >= 0.3 is 0 Å². The minimum absolute atomic E-state index is 0.198. The van der Waals surface area contributed by atoms with Gasteiger partial charge in [-0.25, -0.2) is 0 Å². The minimum atomic E-state index is -0.375. The number of pyridine rings is 1. The Kier molecular flexibility index (Phi) is 7.16. The predicted octanol–water partition coefficient (Wildman–Crippen LogP) is 3.13. The number of benzene rings is 1. The van der Waals surface area contributed by atoms with Gasteiger partial charge in [0.25, 0.3) is 11.8 Å². The van der Waals surface area contributed by atoms with Crippen molar-refractivity contribution in [2.24, 2.45) is 5.92 Å². The first kappa shape index (κ1) is 20.2. The van der Waals surface area contributed by atoms with E-state index in [-0.39, 0.29) is 17.5 Å². The molecule has 0 spiro atoms. The lowest BCUT2D eigenvalue weighted by Gasteiger charge is -2.12. The molecule has 2 amide bonds. The molecule has 0 unspecified atom stereocenters. The highest BCUT2D eigenvalue weighted by atomic mass is 16.5. The number of methoxy groups -OCH3 is 2. The first-order chi connectivity index (χ1) is 12.9. The van der Waals surface area contributed by atoms with E-state index >= 15 is 0 Å². The molecule has 1 heterocycles. The summed E-state index contributed by atoms with van der Waals surface area (Å²) >= 11 is 0. The van der Waals surface area contributed by atoms with Crippen molar-refractivity contribution in [1.82, 2.24) is 10.3 Å². The molecule has 0 fully saturated rings. The van der Waals surface area contributed by atoms with Gasteiger partial charge in [-0.3, -0.25) is 14.6 Å². The van der Waals surface area contributed by atoms with Gasteiger partial charge in [0.05, 0.1) is 19.9 Å². The standard InChI is InChI=1S/C20H25N3O4/c1-13(2)7-9-22-20(25)17-11-14(8-10-21-17)19(24)23-16-12-15(26-3)5-6-18(16)27-4/h5-6,8,10-13H,7,9H2,1-4H3,(H,22,25)(H,23,24). The highest BCUT2D eigenvalue weighted by Gasteiger charge is 2.14. The fraction of sp³-hybridized carbons (Fsp3) is 0.350. The summed E-state index contributed by atoms with van der Waals surface area (Å²) < 4.78 is 10.4. The van der Waals surface area contributed by atoms with Gasteiger partial charge in [-0.2, -0.15) is 0 Å². The van der Waals surface area contributed by atoms with E-state index in [2.05, 4.69) is 29.5 Å². The number of hydrogen-bond donors (Lipinski definition) is 2. The molecule has 0 aliphatic carbocycles. The lowest BCUT2D eigenvalue weighted by Crippen LogP contribution is -2.26. The Bertz CT molecular complexity index is 806. The van der Waals surface area contributed by atoms with Crippen LogP contribution in [-0.2, 0) is 0 Å². The number of aromatic nitrogens is 1. The average Bonchev–Trinajstić information content (AvgIpc) is 2.67. The van der Waals surface area contributed by atoms with Crippen LogP contribution in [0.5, 0.6) is 11.5 Å². The molecular formula is C20H25N3O4. The quantitative estimate of drug-likeness (QED) is 0.744. The fourth-order valence-corrected chi connectivity index (χ4v) is 2.37. The second kappa shape index (κ2) is 9.56. The second-order valence-electron chi connectivity index (χ2n) is 6.39. The Hall–Kier alpha value is -3.09. The van der Waals surface area contributed by atoms with Crippen LogP contribution in [0.4, 0.5) is 5.69 Å². The van der Waals surface area contributed by atoms with Crippen LogP contribution in [0.15, 0.2) is 36.5 Å². The van der Waals surface area contributed by atoms with Crippen molar-refractivity contribution in [3.05, 3.63) is 47.8 Å². The molecule has 0 atom stereocenters. The summed E-state index contributed by atoms with van der Waals surface area (Å²) in [5.41, 5.74) is 0.995. The Morgan fingerprint density at radius 2 is 1.85 bits per heavy atom. The Labute approximate surface area is 159 Å². The van der Waals surface area contributed by atoms with Gasteiger partial charge in [-0.05, 0) is 36.6 Å². The van der Waals surface area contributed by atoms with Crippen LogP contribution in [0, 0.1) is 5.92 Å². The predicted molar refractivity (Wildman–Crippen MR) is 104 cm³/mol. The number of carbonyl (C=O) groups excluding carboxylic acids is 2. The van der Waals surface area contributed by atoms with Gasteiger partial charge in [-0.15, -0.1) is 0 Å². The molecule has 0 saturated heterocycles. The zero-order valence-electron chi connectivity index (χ0n) is 16.0. The lowest BCUT2D eigenvalue weighted by molar-refractivity contribution is 0.0947. The third-order valence-corrected chi connectivity index (χ3v) is 3.92. The molecule has 2 rings (SSSR count). The van der Waals surface area contributed by atoms with Gasteiger partial charge in [0.15, 0.2) is 0 Å². The Morgan fingerprint density at radius 3 is 2.52 bits per heavy atom. The molecule has 0 aliphatic rings. The van der Waals surface area contributed by atoms with Crippen LogP contribution in [0.1, 0.15) is 41.1 Å². The molecule has 27 heavy (non-hydrogen) atoms. The zero-order valence-corrected chi connectivity index (χ0v) is 16.0. The van der Waals surface area contributed by atoms with Crippen LogP contribution >= 0.6 is 0 Å². The van der Waals surface area contributed by atoms with Crippen molar-refractivity contribution in [3.63, 3.8) is 0 Å². The molecule has 7 heteroatoms. The highest BCUT2D eigenvalue weighted by Crippen LogP contribution is 2.29. The van der Waals surface area contributed by atoms with E-state index in [1.54, 1.807) is 31.4 Å². The van der Waals surface area contributed by atoms with Crippen LogP contribution < -0.4 is 20.1 Å². The van der Waals surface area contributed by atoms with E-state index in [0.717, 1.165) is 6.42 Å². The molecule has 1 aromatic heterocycles. The Balaban J connectivity index is 2.12. The lowest BCUT2D eigenvalue weighted by atomic mass is 10.1. The molecule has 1 aromatic carbocycles. The second-order valence-corrected chi connectivity index (χ2v) is 6.39. The smallest absolute Gasteiger partial charge is 0.269 e. The van der Waals surface area contributed by atoms with E-state index in [1.165, 1.54) is 19.4 Å². The van der Waals surface area contributed by atoms with Gasteiger partial charge in [0, 0.05) is 24.4 Å². The van der Waals surface area contributed by atoms with Gasteiger partial charge in [-0.1, -0.05) is 13.8 Å². The Morgan fingerprint density at radius 1 is 1.07 bits per heavy atom. The maximum atomic E-state index is 12.6. The van der Waals surface area contributed by atoms with Crippen molar-refractivity contribution in [2.75, 3.05) is 26.1 Å². The number of amides is 2. The third kappa shape index (κ3) is 5.70. The number of ether oxygens (including phenoxy) is 2. The highest BCUT2D eigenvalue weighted by molar-refractivity contribution is 6.06. The molecule has 0 bridgehead atoms. The summed E-state index contributed by atoms with van der Waals surface area (Å²) in [5, 5.41) is 5.58. The SMILES string of the molecule is COc1ccc(OC)c(NC(=O)c2ccnc(C(=O)NCCC(C)C)c2)c1. The van der Waals surface area contributed by atoms with Crippen molar-refractivity contribution in [2.45, 2.75) is 20.3 Å². The zero-order chi connectivity index (χ0) is 19.8. The molecule has 2 aromatic rings. The number of hydrogen-bond acceptors (Lipinski definition) is 5.